The number of imidazole rings is 1. The van der Waals surface area contributed by atoms with E-state index in [1.165, 1.54) is 48.5 Å². The molecule has 2 aromatic carbocycles. The Balaban J connectivity index is 1.07. The number of nitrogens with zero attached hydrogens (tertiary/aromatic N) is 6. The van der Waals surface area contributed by atoms with E-state index in [4.69, 9.17) is 44.2 Å². The van der Waals surface area contributed by atoms with Gasteiger partial charge in [0.25, 0.3) is 0 Å². The number of phosphoric ester groups is 2. The van der Waals surface area contributed by atoms with E-state index in [0.717, 1.165) is 29.5 Å². The lowest BCUT2D eigenvalue weighted by atomic mass is 10.1. The highest BCUT2D eigenvalue weighted by Crippen LogP contribution is 2.50. The number of benzene rings is 2. The van der Waals surface area contributed by atoms with Crippen LogP contribution in [0.4, 0.5) is 44.1 Å². The molecule has 2 amide bonds. The molecule has 2 aliphatic heterocycles. The van der Waals surface area contributed by atoms with Crippen molar-refractivity contribution >= 4 is 62.1 Å². The number of fused-ring (bicyclic) bond motifs is 1. The van der Waals surface area contributed by atoms with Gasteiger partial charge in [-0.3, -0.25) is 27.5 Å². The minimum Gasteiger partial charge on any atom is -0.455 e. The molecule has 3 unspecified atom stereocenters. The predicted molar refractivity (Wildman–Crippen MR) is 245 cm³/mol. The highest BCUT2D eigenvalue weighted by molar-refractivity contribution is 7.47. The van der Waals surface area contributed by atoms with E-state index in [2.05, 4.69) is 29.8 Å². The molecule has 2 saturated heterocycles. The standard InChI is InChI=1S/C41H45F5N10O19P2/c42-21-5-1-19(2-6-21)11-28(57)52-22-7-3-20(4-8-22)12-69-40(62)53-23(13-68-16-26(43)41(44,45)46)38(60)74-32-24(72-37(30(32)58)56-18-51-29-34(48)49-17-50-35(29)56)15-71-77(66,67)75-33-25(14-70-76(63,64)65)73-36(31(33)59)55-10-9-27(47)54-39(55)61/h1-10,17-18,23-26,30-33,36-37,58-59H,11-16H2,(H,52,57)(H,53,62)(H,66,67)(H2,47,54,61)(H2,48,49,50)(H2,63,64,65)/t23-,24?,25+,26?,30+,31+,32+,33+,36+,37+/m0/s1. The van der Waals surface area contributed by atoms with Gasteiger partial charge in [-0.05, 0) is 41.5 Å². The first-order valence-electron chi connectivity index (χ1n) is 22.1. The molecular formula is C41H45F5N10O19P2. The number of aliphatic hydroxyl groups excluding tert-OH is 2. The number of rotatable bonds is 22. The van der Waals surface area contributed by atoms with E-state index in [-0.39, 0.29) is 29.2 Å². The van der Waals surface area contributed by atoms with Gasteiger partial charge in [-0.1, -0.05) is 24.3 Å². The lowest BCUT2D eigenvalue weighted by Crippen LogP contribution is -2.49. The van der Waals surface area contributed by atoms with Crippen LogP contribution in [0.2, 0.25) is 0 Å². The molecule has 5 aromatic rings. The number of nitrogens with two attached hydrogens (primary N) is 2. The summed E-state index contributed by atoms with van der Waals surface area (Å²) in [7, 11) is -10.9. The molecule has 0 aliphatic carbocycles. The average Bonchev–Trinajstić information content (AvgIpc) is 4.05. The minimum absolute atomic E-state index is 0.0269. The fraction of sp³-hybridized carbons (Fsp3) is 0.415. The number of halogens is 5. The van der Waals surface area contributed by atoms with Crippen molar-refractivity contribution in [3.05, 3.63) is 101 Å². The number of carbonyl (C=O) groups excluding carboxylic acids is 3. The van der Waals surface area contributed by atoms with Crippen LogP contribution < -0.4 is 27.8 Å². The molecule has 0 spiro atoms. The summed E-state index contributed by atoms with van der Waals surface area (Å²) in [5.74, 6) is -2.95. The predicted octanol–water partition coefficient (Wildman–Crippen LogP) is 0.820. The number of carbonyl (C=O) groups is 3. The van der Waals surface area contributed by atoms with Crippen LogP contribution in [-0.4, -0.2) is 153 Å². The van der Waals surface area contributed by atoms with Crippen LogP contribution in [0.25, 0.3) is 11.2 Å². The molecule has 0 radical (unpaired) electrons. The maximum atomic E-state index is 13.9. The Kier molecular flexibility index (Phi) is 18.4. The third-order valence-corrected chi connectivity index (χ3v) is 12.6. The molecule has 0 bridgehead atoms. The summed E-state index contributed by atoms with van der Waals surface area (Å²) in [6.45, 7) is -5.79. The van der Waals surface area contributed by atoms with Crippen LogP contribution in [0.15, 0.2) is 78.2 Å². The van der Waals surface area contributed by atoms with Crippen molar-refractivity contribution in [2.24, 2.45) is 0 Å². The van der Waals surface area contributed by atoms with Crippen molar-refractivity contribution in [3.63, 3.8) is 0 Å². The van der Waals surface area contributed by atoms with Gasteiger partial charge in [-0.15, -0.1) is 0 Å². The highest BCUT2D eigenvalue weighted by atomic mass is 31.2. The monoisotopic (exact) mass is 1140 g/mol. The quantitative estimate of drug-likeness (QED) is 0.0263. The number of anilines is 3. The summed E-state index contributed by atoms with van der Waals surface area (Å²) < 4.78 is 135. The first kappa shape index (κ1) is 58.0. The number of amides is 2. The Morgan fingerprint density at radius 2 is 1.48 bits per heavy atom. The number of ether oxygens (including phenoxy) is 5. The third kappa shape index (κ3) is 15.3. The summed E-state index contributed by atoms with van der Waals surface area (Å²) in [6, 6.07) is 9.91. The number of phosphoric acid groups is 2. The van der Waals surface area contributed by atoms with Crippen molar-refractivity contribution in [3.8, 4) is 0 Å². The van der Waals surface area contributed by atoms with Crippen LogP contribution >= 0.6 is 15.6 Å². The van der Waals surface area contributed by atoms with Crippen LogP contribution in [0, 0.1) is 5.82 Å². The molecule has 2 fully saturated rings. The third-order valence-electron chi connectivity index (χ3n) is 11.1. The number of hydrogen-bond acceptors (Lipinski definition) is 22. The zero-order valence-electron chi connectivity index (χ0n) is 39.0. The van der Waals surface area contributed by atoms with Crippen molar-refractivity contribution in [1.82, 2.24) is 34.4 Å². The van der Waals surface area contributed by atoms with Crippen LogP contribution in [-0.2, 0) is 69.0 Å². The Labute approximate surface area is 428 Å². The average molecular weight is 1140 g/mol. The second kappa shape index (κ2) is 24.3. The first-order valence-corrected chi connectivity index (χ1v) is 25.1. The van der Waals surface area contributed by atoms with Gasteiger partial charge in [0.1, 0.15) is 60.6 Å². The number of alkyl halides is 4. The molecule has 11 N–H and O–H groups in total. The van der Waals surface area contributed by atoms with Gasteiger partial charge in [0.05, 0.1) is 39.2 Å². The molecular weight excluding hydrogens is 1090 g/mol. The van der Waals surface area contributed by atoms with E-state index in [1.54, 1.807) is 0 Å². The first-order chi connectivity index (χ1) is 36.2. The lowest BCUT2D eigenvalue weighted by Gasteiger charge is -2.26. The van der Waals surface area contributed by atoms with Crippen molar-refractivity contribution < 1.29 is 108 Å². The highest BCUT2D eigenvalue weighted by Gasteiger charge is 2.52. The molecule has 3 aromatic heterocycles. The number of hydrogen-bond donors (Lipinski definition) is 9. The normalized spacial score (nSPS) is 23.2. The number of nitrogen functional groups attached to an aromatic ring is 2. The van der Waals surface area contributed by atoms with Gasteiger partial charge in [-0.25, -0.2) is 47.2 Å². The van der Waals surface area contributed by atoms with Crippen LogP contribution in [0.1, 0.15) is 23.6 Å². The fourth-order valence-corrected chi connectivity index (χ4v) is 8.73. The molecule has 29 nitrogen and oxygen atoms in total. The number of aliphatic hydroxyl groups is 2. The fourth-order valence-electron chi connectivity index (χ4n) is 7.42. The van der Waals surface area contributed by atoms with E-state index in [0.29, 0.717) is 21.4 Å². The van der Waals surface area contributed by atoms with E-state index in [9.17, 15) is 75.2 Å². The van der Waals surface area contributed by atoms with Crippen LogP contribution in [0.5, 0.6) is 0 Å². The molecule has 77 heavy (non-hydrogen) atoms. The number of alkyl carbamates (subject to hydrolysis) is 1. The summed E-state index contributed by atoms with van der Waals surface area (Å²) in [5, 5.41) is 27.5. The Morgan fingerprint density at radius 1 is 0.844 bits per heavy atom. The molecule has 11 atom stereocenters. The molecule has 0 saturated carbocycles. The summed E-state index contributed by atoms with van der Waals surface area (Å²) in [6.07, 6.45) is -23.1. The number of esters is 1. The minimum atomic E-state index is -5.63. The van der Waals surface area contributed by atoms with Crippen molar-refractivity contribution in [2.45, 2.75) is 80.5 Å². The Morgan fingerprint density at radius 3 is 2.14 bits per heavy atom. The Hall–Kier alpha value is -6.65. The number of nitrogens with one attached hydrogen (secondary N) is 2. The molecule has 36 heteroatoms. The number of aromatic nitrogens is 6. The van der Waals surface area contributed by atoms with Crippen molar-refractivity contribution in [2.75, 3.05) is 43.2 Å². The van der Waals surface area contributed by atoms with Gasteiger partial charge < -0.3 is 70.7 Å². The SMILES string of the molecule is Nc1ccn([C@@H]2O[C@H](COP(=O)(O)O)[C@@H](OP(=O)(O)OCC3O[C@@H](n4cnc5c(N)ncnc54)[C@H](O)[C@@H]3OC(=O)[C@H](COCC(F)C(F)(F)F)NC(=O)OCc3ccc(NC(=O)Cc4ccc(F)cc4)cc3)[C@H]2O)c(=O)n1. The van der Waals surface area contributed by atoms with E-state index < -0.39 is 146 Å². The molecule has 5 heterocycles. The maximum absolute atomic E-state index is 13.9. The van der Waals surface area contributed by atoms with Crippen molar-refractivity contribution in [1.29, 1.82) is 0 Å². The van der Waals surface area contributed by atoms with Gasteiger partial charge >= 0.3 is 39.6 Å². The zero-order valence-corrected chi connectivity index (χ0v) is 40.8. The topological polar surface area (TPSA) is 415 Å². The molecule has 7 rings (SSSR count). The molecule has 2 aliphatic rings. The van der Waals surface area contributed by atoms with Gasteiger partial charge in [0.2, 0.25) is 12.1 Å². The zero-order chi connectivity index (χ0) is 56.0. The smallest absolute Gasteiger partial charge is 0.455 e. The van der Waals surface area contributed by atoms with Gasteiger partial charge in [0.15, 0.2) is 36.1 Å². The van der Waals surface area contributed by atoms with Crippen LogP contribution in [0.3, 0.4) is 0 Å². The van der Waals surface area contributed by atoms with Gasteiger partial charge in [-0.2, -0.15) is 18.2 Å². The van der Waals surface area contributed by atoms with Gasteiger partial charge in [0, 0.05) is 11.9 Å². The largest absolute Gasteiger partial charge is 0.472 e. The second-order valence-corrected chi connectivity index (χ2v) is 19.3. The summed E-state index contributed by atoms with van der Waals surface area (Å²) >= 11 is 0. The second-order valence-electron chi connectivity index (χ2n) is 16.6. The van der Waals surface area contributed by atoms with E-state index >= 15 is 0 Å². The summed E-state index contributed by atoms with van der Waals surface area (Å²) in [4.78, 5) is 97.2. The maximum Gasteiger partial charge on any atom is 0.472 e. The summed E-state index contributed by atoms with van der Waals surface area (Å²) in [5.41, 5.74) is 11.3. The lowest BCUT2D eigenvalue weighted by molar-refractivity contribution is -0.194. The van der Waals surface area contributed by atoms with E-state index in [1.807, 2.05) is 5.32 Å². The molecule has 418 valence electrons. The Bertz CT molecular complexity index is 3050.